The molecule has 1 atom stereocenters. The molecular weight excluding hydrogens is 358 g/mol. The second-order valence-corrected chi connectivity index (χ2v) is 7.22. The molecule has 1 aliphatic carbocycles. The Bertz CT molecular complexity index is 941. The van der Waals surface area contributed by atoms with E-state index in [0.717, 1.165) is 19.3 Å². The molecule has 0 saturated carbocycles. The molecule has 0 unspecified atom stereocenters. The minimum atomic E-state index is -0.981. The number of methoxy groups -OCH3 is 1. The highest BCUT2D eigenvalue weighted by atomic mass is 16.5. The van der Waals surface area contributed by atoms with Crippen molar-refractivity contribution in [1.82, 2.24) is 4.98 Å². The smallest absolute Gasteiger partial charge is 0.339 e. The molecular formula is C22H25NO5. The van der Waals surface area contributed by atoms with Gasteiger partial charge >= 0.3 is 11.9 Å². The number of hydrogen-bond donors (Lipinski definition) is 1. The topological polar surface area (TPSA) is 85.5 Å². The molecule has 0 radical (unpaired) electrons. The first-order valence-electron chi connectivity index (χ1n) is 9.48. The molecule has 1 aromatic carbocycles. The van der Waals surface area contributed by atoms with Crippen LogP contribution in [0.2, 0.25) is 0 Å². The van der Waals surface area contributed by atoms with E-state index in [2.05, 4.69) is 4.98 Å². The molecule has 0 aliphatic heterocycles. The number of rotatable bonds is 5. The fraction of sp³-hybridized carbons (Fsp3) is 0.409. The van der Waals surface area contributed by atoms with E-state index >= 15 is 0 Å². The Balaban J connectivity index is 1.76. The summed E-state index contributed by atoms with van der Waals surface area (Å²) in [6.07, 6.45) is 3.31. The molecule has 1 heterocycles. The molecule has 0 amide bonds. The van der Waals surface area contributed by atoms with Crippen molar-refractivity contribution in [2.75, 3.05) is 7.11 Å². The van der Waals surface area contributed by atoms with Gasteiger partial charge in [-0.25, -0.2) is 9.59 Å². The van der Waals surface area contributed by atoms with Crippen molar-refractivity contribution in [1.29, 1.82) is 0 Å². The molecule has 1 N–H and O–H groups in total. The number of hydrogen-bond acceptors (Lipinski definition) is 5. The zero-order chi connectivity index (χ0) is 20.4. The van der Waals surface area contributed by atoms with Crippen LogP contribution in [0.1, 0.15) is 73.4 Å². The number of carbonyl (C=O) groups is 3. The number of fused-ring (bicyclic) bond motifs is 1. The fourth-order valence-electron chi connectivity index (χ4n) is 3.75. The standard InChI is InChI=1S/C22H25NO5/c1-12-18(22(26)27-4)13(2)23-19(12)20(24)14(3)28-21(25)17-10-9-15-7-5-6-8-16(15)11-17/h9-11,14,23H,5-8H2,1-4H3/t14-/m0/s1. The predicted octanol–water partition coefficient (Wildman–Crippen LogP) is 3.73. The highest BCUT2D eigenvalue weighted by molar-refractivity contribution is 6.04. The number of aryl methyl sites for hydroxylation is 3. The molecule has 0 spiro atoms. The van der Waals surface area contributed by atoms with Gasteiger partial charge in [-0.15, -0.1) is 0 Å². The van der Waals surface area contributed by atoms with Crippen molar-refractivity contribution in [2.45, 2.75) is 52.6 Å². The molecule has 3 rings (SSSR count). The Labute approximate surface area is 164 Å². The lowest BCUT2D eigenvalue weighted by molar-refractivity contribution is 0.0316. The van der Waals surface area contributed by atoms with Crippen molar-refractivity contribution < 1.29 is 23.9 Å². The molecule has 0 saturated heterocycles. The van der Waals surface area contributed by atoms with Gasteiger partial charge in [0.2, 0.25) is 5.78 Å². The Hall–Kier alpha value is -2.89. The number of ketones is 1. The maximum atomic E-state index is 12.8. The highest BCUT2D eigenvalue weighted by Crippen LogP contribution is 2.24. The number of aromatic amines is 1. The third-order valence-corrected chi connectivity index (χ3v) is 5.31. The minimum Gasteiger partial charge on any atom is -0.465 e. The number of ether oxygens (including phenoxy) is 2. The molecule has 0 bridgehead atoms. The van der Waals surface area contributed by atoms with Crippen LogP contribution >= 0.6 is 0 Å². The molecule has 6 heteroatoms. The van der Waals surface area contributed by atoms with Gasteiger partial charge in [0.15, 0.2) is 6.10 Å². The SMILES string of the molecule is COC(=O)c1c(C)[nH]c(C(=O)[C@H](C)OC(=O)c2ccc3c(c2)CCCC3)c1C. The van der Waals surface area contributed by atoms with Gasteiger partial charge in [-0.05, 0) is 75.3 Å². The third-order valence-electron chi connectivity index (χ3n) is 5.31. The first-order chi connectivity index (χ1) is 13.3. The van der Waals surface area contributed by atoms with E-state index in [1.165, 1.54) is 31.6 Å². The number of aromatic nitrogens is 1. The van der Waals surface area contributed by atoms with E-state index in [9.17, 15) is 14.4 Å². The van der Waals surface area contributed by atoms with E-state index in [1.54, 1.807) is 19.9 Å². The number of H-pyrrole nitrogens is 1. The first-order valence-corrected chi connectivity index (χ1v) is 9.48. The normalized spacial score (nSPS) is 14.1. The van der Waals surface area contributed by atoms with Crippen molar-refractivity contribution in [3.05, 3.63) is 57.4 Å². The second-order valence-electron chi connectivity index (χ2n) is 7.22. The van der Waals surface area contributed by atoms with Crippen LogP contribution < -0.4 is 0 Å². The Morgan fingerprint density at radius 3 is 2.39 bits per heavy atom. The number of esters is 2. The summed E-state index contributed by atoms with van der Waals surface area (Å²) in [7, 11) is 1.29. The van der Waals surface area contributed by atoms with E-state index in [-0.39, 0.29) is 11.5 Å². The summed E-state index contributed by atoms with van der Waals surface area (Å²) in [5, 5.41) is 0. The van der Waals surface area contributed by atoms with E-state index < -0.39 is 18.0 Å². The second kappa shape index (κ2) is 8.00. The maximum Gasteiger partial charge on any atom is 0.339 e. The van der Waals surface area contributed by atoms with Gasteiger partial charge in [-0.2, -0.15) is 0 Å². The van der Waals surface area contributed by atoms with E-state index in [4.69, 9.17) is 9.47 Å². The van der Waals surface area contributed by atoms with Crippen LogP contribution in [-0.2, 0) is 22.3 Å². The zero-order valence-electron chi connectivity index (χ0n) is 16.7. The molecule has 1 aliphatic rings. The lowest BCUT2D eigenvalue weighted by Gasteiger charge is -2.17. The van der Waals surface area contributed by atoms with Crippen LogP contribution in [0.15, 0.2) is 18.2 Å². The van der Waals surface area contributed by atoms with Crippen LogP contribution in [0.4, 0.5) is 0 Å². The lowest BCUT2D eigenvalue weighted by Crippen LogP contribution is -2.25. The predicted molar refractivity (Wildman–Crippen MR) is 104 cm³/mol. The summed E-state index contributed by atoms with van der Waals surface area (Å²) in [5.41, 5.74) is 4.53. The van der Waals surface area contributed by atoms with Crippen molar-refractivity contribution in [3.8, 4) is 0 Å². The molecule has 28 heavy (non-hydrogen) atoms. The van der Waals surface area contributed by atoms with Gasteiger partial charge in [0.25, 0.3) is 0 Å². The molecule has 6 nitrogen and oxygen atoms in total. The quantitative estimate of drug-likeness (QED) is 0.628. The summed E-state index contributed by atoms with van der Waals surface area (Å²) in [4.78, 5) is 40.1. The van der Waals surface area contributed by atoms with Gasteiger partial charge in [-0.3, -0.25) is 4.79 Å². The van der Waals surface area contributed by atoms with E-state index in [0.29, 0.717) is 22.4 Å². The maximum absolute atomic E-state index is 12.8. The van der Waals surface area contributed by atoms with Gasteiger partial charge in [0.1, 0.15) is 0 Å². The van der Waals surface area contributed by atoms with Crippen LogP contribution in [0.25, 0.3) is 0 Å². The van der Waals surface area contributed by atoms with E-state index in [1.807, 2.05) is 12.1 Å². The van der Waals surface area contributed by atoms with Gasteiger partial charge < -0.3 is 14.5 Å². The summed E-state index contributed by atoms with van der Waals surface area (Å²) < 4.78 is 10.2. The van der Waals surface area contributed by atoms with Crippen LogP contribution in [0.3, 0.4) is 0 Å². The Morgan fingerprint density at radius 2 is 1.71 bits per heavy atom. The van der Waals surface area contributed by atoms with Crippen molar-refractivity contribution in [2.24, 2.45) is 0 Å². The number of nitrogens with one attached hydrogen (secondary N) is 1. The largest absolute Gasteiger partial charge is 0.465 e. The van der Waals surface area contributed by atoms with Gasteiger partial charge in [0.05, 0.1) is 23.9 Å². The Morgan fingerprint density at radius 1 is 1.04 bits per heavy atom. The fourth-order valence-corrected chi connectivity index (χ4v) is 3.75. The molecule has 0 fully saturated rings. The minimum absolute atomic E-state index is 0.253. The summed E-state index contributed by atoms with van der Waals surface area (Å²) in [6.45, 7) is 4.90. The Kier molecular flexibility index (Phi) is 5.68. The van der Waals surface area contributed by atoms with Crippen molar-refractivity contribution >= 4 is 17.7 Å². The number of Topliss-reactive ketones (excluding diaryl/α,β-unsaturated/α-hetero) is 1. The average Bonchev–Trinajstić information content (AvgIpc) is 3.00. The van der Waals surface area contributed by atoms with Crippen LogP contribution in [0.5, 0.6) is 0 Å². The number of benzene rings is 1. The van der Waals surface area contributed by atoms with Crippen LogP contribution in [0, 0.1) is 13.8 Å². The summed E-state index contributed by atoms with van der Waals surface area (Å²) >= 11 is 0. The van der Waals surface area contributed by atoms with Crippen LogP contribution in [-0.4, -0.2) is 35.9 Å². The summed E-state index contributed by atoms with van der Waals surface area (Å²) in [5.74, 6) is -1.42. The molecule has 1 aromatic heterocycles. The monoisotopic (exact) mass is 383 g/mol. The molecule has 148 valence electrons. The zero-order valence-corrected chi connectivity index (χ0v) is 16.7. The summed E-state index contributed by atoms with van der Waals surface area (Å²) in [6, 6.07) is 5.59. The third kappa shape index (κ3) is 3.72. The molecule has 2 aromatic rings. The first kappa shape index (κ1) is 19.9. The number of carbonyl (C=O) groups excluding carboxylic acids is 3. The van der Waals surface area contributed by atoms with Crippen molar-refractivity contribution in [3.63, 3.8) is 0 Å². The lowest BCUT2D eigenvalue weighted by atomic mass is 9.90. The average molecular weight is 383 g/mol. The van der Waals surface area contributed by atoms with Gasteiger partial charge in [0, 0.05) is 5.69 Å². The van der Waals surface area contributed by atoms with Gasteiger partial charge in [-0.1, -0.05) is 6.07 Å². The highest BCUT2D eigenvalue weighted by Gasteiger charge is 2.27.